The predicted octanol–water partition coefficient (Wildman–Crippen LogP) is 1.21. The quantitative estimate of drug-likeness (QED) is 0.808. The van der Waals surface area contributed by atoms with Crippen LogP contribution in [0, 0.1) is 0 Å². The zero-order valence-electron chi connectivity index (χ0n) is 8.95. The van der Waals surface area contributed by atoms with Gasteiger partial charge >= 0.3 is 5.69 Å². The molecular weight excluding hydrogens is 192 g/mol. The molecule has 0 aromatic carbocycles. The Morgan fingerprint density at radius 2 is 2.20 bits per heavy atom. The molecule has 0 radical (unpaired) electrons. The van der Waals surface area contributed by atoms with Crippen LogP contribution in [-0.2, 0) is 6.42 Å². The number of nitrogens with zero attached hydrogens (tertiary/aromatic N) is 1. The molecule has 1 aliphatic rings. The Kier molecular flexibility index (Phi) is 2.75. The molecular formula is C11H16N2O2. The Bertz CT molecular complexity index is 423. The summed E-state index contributed by atoms with van der Waals surface area (Å²) in [6.45, 7) is 2.09. The van der Waals surface area contributed by atoms with E-state index in [2.05, 4.69) is 11.9 Å². The van der Waals surface area contributed by atoms with Crippen LogP contribution in [0.1, 0.15) is 44.3 Å². The van der Waals surface area contributed by atoms with E-state index in [-0.39, 0.29) is 17.3 Å². The van der Waals surface area contributed by atoms with Gasteiger partial charge in [0.2, 0.25) is 0 Å². The molecule has 2 rings (SSSR count). The Morgan fingerprint density at radius 3 is 2.73 bits per heavy atom. The fourth-order valence-corrected chi connectivity index (χ4v) is 1.73. The first kappa shape index (κ1) is 10.2. The van der Waals surface area contributed by atoms with E-state index in [4.69, 9.17) is 0 Å². The van der Waals surface area contributed by atoms with Gasteiger partial charge in [0, 0.05) is 17.8 Å². The maximum Gasteiger partial charge on any atom is 0.328 e. The van der Waals surface area contributed by atoms with E-state index in [0.717, 1.165) is 37.8 Å². The van der Waals surface area contributed by atoms with Crippen molar-refractivity contribution in [2.45, 2.75) is 45.1 Å². The third-order valence-electron chi connectivity index (χ3n) is 2.73. The van der Waals surface area contributed by atoms with Crippen LogP contribution in [-0.4, -0.2) is 9.55 Å². The summed E-state index contributed by atoms with van der Waals surface area (Å²) in [7, 11) is 0. The molecule has 1 fully saturated rings. The number of rotatable bonds is 4. The third kappa shape index (κ3) is 2.19. The third-order valence-corrected chi connectivity index (χ3v) is 2.73. The summed E-state index contributed by atoms with van der Waals surface area (Å²) in [5, 5.41) is 0. The number of hydrogen-bond donors (Lipinski definition) is 1. The number of aromatic amines is 1. The van der Waals surface area contributed by atoms with E-state index in [1.165, 1.54) is 4.57 Å². The van der Waals surface area contributed by atoms with Crippen LogP contribution in [0.4, 0.5) is 0 Å². The Hall–Kier alpha value is -1.32. The van der Waals surface area contributed by atoms with Gasteiger partial charge in [-0.2, -0.15) is 0 Å². The van der Waals surface area contributed by atoms with Crippen LogP contribution in [0.25, 0.3) is 0 Å². The molecule has 0 atom stereocenters. The number of H-pyrrole nitrogens is 1. The maximum absolute atomic E-state index is 11.6. The number of unbranched alkanes of at least 4 members (excludes halogenated alkanes) is 1. The zero-order valence-corrected chi connectivity index (χ0v) is 8.95. The fraction of sp³-hybridized carbons (Fsp3) is 0.636. The minimum absolute atomic E-state index is 0.146. The van der Waals surface area contributed by atoms with Gasteiger partial charge in [-0.1, -0.05) is 13.3 Å². The standard InChI is InChI=1S/C11H16N2O2/c1-2-3-4-8-7-10(14)13(9-5-6-9)11(15)12-8/h7,9H,2-6H2,1H3,(H,12,15). The molecule has 1 aromatic rings. The lowest BCUT2D eigenvalue weighted by Gasteiger charge is -2.04. The molecule has 1 heterocycles. The van der Waals surface area contributed by atoms with Gasteiger partial charge in [-0.05, 0) is 25.7 Å². The number of aryl methyl sites for hydroxylation is 1. The first-order chi connectivity index (χ1) is 7.22. The number of nitrogens with one attached hydrogen (secondary N) is 1. The highest BCUT2D eigenvalue weighted by Gasteiger charge is 2.26. The number of aromatic nitrogens is 2. The van der Waals surface area contributed by atoms with Gasteiger partial charge in [0.15, 0.2) is 0 Å². The lowest BCUT2D eigenvalue weighted by Crippen LogP contribution is -2.34. The van der Waals surface area contributed by atoms with Crippen molar-refractivity contribution in [1.82, 2.24) is 9.55 Å². The van der Waals surface area contributed by atoms with Crippen LogP contribution in [0.3, 0.4) is 0 Å². The van der Waals surface area contributed by atoms with Gasteiger partial charge in [-0.15, -0.1) is 0 Å². The largest absolute Gasteiger partial charge is 0.328 e. The van der Waals surface area contributed by atoms with Crippen LogP contribution < -0.4 is 11.2 Å². The summed E-state index contributed by atoms with van der Waals surface area (Å²) in [6, 6.07) is 1.72. The summed E-state index contributed by atoms with van der Waals surface area (Å²) in [4.78, 5) is 26.0. The molecule has 0 unspecified atom stereocenters. The summed E-state index contributed by atoms with van der Waals surface area (Å²) >= 11 is 0. The minimum atomic E-state index is -0.240. The van der Waals surface area contributed by atoms with Gasteiger partial charge in [0.25, 0.3) is 5.56 Å². The van der Waals surface area contributed by atoms with Gasteiger partial charge < -0.3 is 4.98 Å². The lowest BCUT2D eigenvalue weighted by molar-refractivity contribution is 0.640. The van der Waals surface area contributed by atoms with Crippen LogP contribution in [0.2, 0.25) is 0 Å². The van der Waals surface area contributed by atoms with Crippen molar-refractivity contribution in [1.29, 1.82) is 0 Å². The first-order valence-electron chi connectivity index (χ1n) is 5.57. The van der Waals surface area contributed by atoms with Gasteiger partial charge in [-0.25, -0.2) is 4.79 Å². The monoisotopic (exact) mass is 208 g/mol. The molecule has 82 valence electrons. The summed E-state index contributed by atoms with van der Waals surface area (Å²) < 4.78 is 1.34. The van der Waals surface area contributed by atoms with E-state index < -0.39 is 0 Å². The molecule has 0 amide bonds. The van der Waals surface area contributed by atoms with Crippen molar-refractivity contribution in [3.05, 3.63) is 32.6 Å². The van der Waals surface area contributed by atoms with E-state index in [9.17, 15) is 9.59 Å². The second kappa shape index (κ2) is 4.04. The second-order valence-electron chi connectivity index (χ2n) is 4.14. The molecule has 0 saturated heterocycles. The Balaban J connectivity index is 2.30. The molecule has 1 saturated carbocycles. The van der Waals surface area contributed by atoms with Crippen molar-refractivity contribution in [2.24, 2.45) is 0 Å². The molecule has 4 nitrogen and oxygen atoms in total. The van der Waals surface area contributed by atoms with E-state index in [0.29, 0.717) is 0 Å². The molecule has 1 aromatic heterocycles. The normalized spacial score (nSPS) is 15.5. The predicted molar refractivity (Wildman–Crippen MR) is 58.2 cm³/mol. The van der Waals surface area contributed by atoms with Gasteiger partial charge in [0.1, 0.15) is 0 Å². The first-order valence-corrected chi connectivity index (χ1v) is 5.57. The van der Waals surface area contributed by atoms with Crippen molar-refractivity contribution in [3.8, 4) is 0 Å². The maximum atomic E-state index is 11.6. The van der Waals surface area contributed by atoms with Gasteiger partial charge in [0.05, 0.1) is 0 Å². The lowest BCUT2D eigenvalue weighted by atomic mass is 10.2. The summed E-state index contributed by atoms with van der Waals surface area (Å²) in [5.74, 6) is 0. The zero-order chi connectivity index (χ0) is 10.8. The van der Waals surface area contributed by atoms with Crippen molar-refractivity contribution in [3.63, 3.8) is 0 Å². The average molecular weight is 208 g/mol. The van der Waals surface area contributed by atoms with Crippen molar-refractivity contribution in [2.75, 3.05) is 0 Å². The molecule has 0 bridgehead atoms. The minimum Gasteiger partial charge on any atom is -0.311 e. The molecule has 15 heavy (non-hydrogen) atoms. The second-order valence-corrected chi connectivity index (χ2v) is 4.14. The van der Waals surface area contributed by atoms with E-state index >= 15 is 0 Å². The molecule has 0 spiro atoms. The molecule has 1 N–H and O–H groups in total. The van der Waals surface area contributed by atoms with E-state index in [1.807, 2.05) is 0 Å². The molecule has 1 aliphatic carbocycles. The average Bonchev–Trinajstić information content (AvgIpc) is 2.97. The highest BCUT2D eigenvalue weighted by atomic mass is 16.2. The Morgan fingerprint density at radius 1 is 1.47 bits per heavy atom. The van der Waals surface area contributed by atoms with Crippen molar-refractivity contribution < 1.29 is 0 Å². The topological polar surface area (TPSA) is 54.9 Å². The smallest absolute Gasteiger partial charge is 0.311 e. The summed E-state index contributed by atoms with van der Waals surface area (Å²) in [6.07, 6.45) is 4.76. The molecule has 4 heteroatoms. The summed E-state index contributed by atoms with van der Waals surface area (Å²) in [5.41, 5.74) is 0.382. The van der Waals surface area contributed by atoms with Crippen LogP contribution >= 0.6 is 0 Å². The Labute approximate surface area is 88.0 Å². The van der Waals surface area contributed by atoms with Gasteiger partial charge in [-0.3, -0.25) is 9.36 Å². The van der Waals surface area contributed by atoms with E-state index in [1.54, 1.807) is 6.07 Å². The fourth-order valence-electron chi connectivity index (χ4n) is 1.73. The van der Waals surface area contributed by atoms with Crippen molar-refractivity contribution >= 4 is 0 Å². The molecule has 0 aliphatic heterocycles. The van der Waals surface area contributed by atoms with Crippen LogP contribution in [0.15, 0.2) is 15.7 Å². The highest BCUT2D eigenvalue weighted by molar-refractivity contribution is 5.02. The highest BCUT2D eigenvalue weighted by Crippen LogP contribution is 2.31. The SMILES string of the molecule is CCCCc1cc(=O)n(C2CC2)c(=O)[nH]1. The van der Waals surface area contributed by atoms with Crippen LogP contribution in [0.5, 0.6) is 0 Å². The number of hydrogen-bond acceptors (Lipinski definition) is 2.